The largest absolute Gasteiger partial charge is 0.450 e. The molecule has 0 aliphatic heterocycles. The van der Waals surface area contributed by atoms with Crippen LogP contribution in [0, 0.1) is 12.8 Å². The maximum absolute atomic E-state index is 10.3. The predicted octanol–water partition coefficient (Wildman–Crippen LogP) is 6.80. The van der Waals surface area contributed by atoms with Crippen LogP contribution in [0.4, 0.5) is 4.79 Å². The lowest BCUT2D eigenvalue weighted by Gasteiger charge is -2.48. The minimum absolute atomic E-state index is 0. The fourth-order valence-corrected chi connectivity index (χ4v) is 4.77. The summed E-state index contributed by atoms with van der Waals surface area (Å²) in [5.74, 6) is 0.968. The standard InChI is InChI=1S/C17H24.C5H11NO2.C2H6.H2/c1-3-17-11-5-4-6-15(17)10-9-14-8-7-13(2)12-16(14)17;1-3-6-5(7)8-4-2;1-2;/h7-8,12,15H,3-6,9-11H2,1-2H3;3-4H2,1-2H3,(H,6,7);1-2H3;1H/t15?,17-;;;/m1.../s1. The zero-order valence-corrected chi connectivity index (χ0v) is 18.5. The van der Waals surface area contributed by atoms with E-state index >= 15 is 0 Å². The molecule has 0 heterocycles. The van der Waals surface area contributed by atoms with E-state index in [4.69, 9.17) is 0 Å². The number of carbonyl (C=O) groups excluding carboxylic acids is 1. The number of fused-ring (bicyclic) bond motifs is 3. The summed E-state index contributed by atoms with van der Waals surface area (Å²) in [4.78, 5) is 10.3. The summed E-state index contributed by atoms with van der Waals surface area (Å²) in [6.45, 7) is 13.3. The fraction of sp³-hybridized carbons (Fsp3) is 0.708. The number of hydrogen-bond donors (Lipinski definition) is 1. The molecule has 0 radical (unpaired) electrons. The Morgan fingerprint density at radius 2 is 1.96 bits per heavy atom. The molecule has 1 N–H and O–H groups in total. The first-order valence-corrected chi connectivity index (χ1v) is 11.1. The quantitative estimate of drug-likeness (QED) is 0.628. The van der Waals surface area contributed by atoms with Gasteiger partial charge in [0.1, 0.15) is 0 Å². The summed E-state index contributed by atoms with van der Waals surface area (Å²) in [6, 6.07) is 7.19. The van der Waals surface area contributed by atoms with Crippen molar-refractivity contribution in [1.82, 2.24) is 5.32 Å². The van der Waals surface area contributed by atoms with E-state index in [1.807, 2.05) is 20.8 Å². The van der Waals surface area contributed by atoms with E-state index in [2.05, 4.69) is 42.1 Å². The zero-order valence-electron chi connectivity index (χ0n) is 18.5. The second-order valence-electron chi connectivity index (χ2n) is 7.40. The van der Waals surface area contributed by atoms with Crippen molar-refractivity contribution in [2.24, 2.45) is 5.92 Å². The summed E-state index contributed by atoms with van der Waals surface area (Å²) in [5, 5.41) is 2.49. The van der Waals surface area contributed by atoms with Gasteiger partial charge in [-0.3, -0.25) is 0 Å². The smallest absolute Gasteiger partial charge is 0.407 e. The second-order valence-corrected chi connectivity index (χ2v) is 7.40. The third-order valence-corrected chi connectivity index (χ3v) is 6.00. The second kappa shape index (κ2) is 12.0. The number of alkyl carbamates (subject to hydrolysis) is 1. The fourth-order valence-electron chi connectivity index (χ4n) is 4.77. The van der Waals surface area contributed by atoms with Crippen molar-refractivity contribution in [2.45, 2.75) is 91.9 Å². The molecule has 1 fully saturated rings. The Morgan fingerprint density at radius 3 is 2.59 bits per heavy atom. The molecule has 1 aromatic rings. The highest BCUT2D eigenvalue weighted by atomic mass is 16.5. The summed E-state index contributed by atoms with van der Waals surface area (Å²) < 4.78 is 4.53. The number of ether oxygens (including phenoxy) is 1. The lowest BCUT2D eigenvalue weighted by Crippen LogP contribution is -2.41. The van der Waals surface area contributed by atoms with Crippen molar-refractivity contribution in [3.63, 3.8) is 0 Å². The first-order chi connectivity index (χ1) is 13.1. The molecule has 27 heavy (non-hydrogen) atoms. The van der Waals surface area contributed by atoms with Crippen LogP contribution in [0.25, 0.3) is 0 Å². The molecule has 0 spiro atoms. The molecule has 2 aliphatic carbocycles. The predicted molar refractivity (Wildman–Crippen MR) is 118 cm³/mol. The van der Waals surface area contributed by atoms with Crippen molar-refractivity contribution >= 4 is 6.09 Å². The molecule has 0 saturated heterocycles. The van der Waals surface area contributed by atoms with Gasteiger partial charge in [0, 0.05) is 7.97 Å². The maximum Gasteiger partial charge on any atom is 0.407 e. The minimum atomic E-state index is -0.338. The van der Waals surface area contributed by atoms with Crippen LogP contribution in [-0.2, 0) is 16.6 Å². The van der Waals surface area contributed by atoms with E-state index < -0.39 is 0 Å². The van der Waals surface area contributed by atoms with Gasteiger partial charge in [0.15, 0.2) is 0 Å². The number of benzene rings is 1. The van der Waals surface area contributed by atoms with Gasteiger partial charge in [0.25, 0.3) is 0 Å². The van der Waals surface area contributed by atoms with Crippen LogP contribution in [0.5, 0.6) is 0 Å². The minimum Gasteiger partial charge on any atom is -0.450 e. The molecule has 0 aromatic heterocycles. The first kappa shape index (κ1) is 23.5. The van der Waals surface area contributed by atoms with Gasteiger partial charge in [-0.25, -0.2) is 4.79 Å². The van der Waals surface area contributed by atoms with E-state index in [1.165, 1.54) is 50.5 Å². The van der Waals surface area contributed by atoms with Gasteiger partial charge < -0.3 is 10.1 Å². The Labute approximate surface area is 168 Å². The Hall–Kier alpha value is -1.51. The Kier molecular flexibility index (Phi) is 10.5. The highest BCUT2D eigenvalue weighted by molar-refractivity contribution is 5.66. The van der Waals surface area contributed by atoms with Crippen molar-refractivity contribution in [1.29, 1.82) is 0 Å². The number of carbonyl (C=O) groups is 1. The number of hydrogen-bond acceptors (Lipinski definition) is 2. The normalized spacial score (nSPS) is 22.7. The average Bonchev–Trinajstić information content (AvgIpc) is 2.70. The van der Waals surface area contributed by atoms with Crippen molar-refractivity contribution in [3.8, 4) is 0 Å². The third kappa shape index (κ3) is 5.99. The summed E-state index contributed by atoms with van der Waals surface area (Å²) in [7, 11) is 0. The van der Waals surface area contributed by atoms with E-state index in [9.17, 15) is 4.79 Å². The van der Waals surface area contributed by atoms with Crippen LogP contribution in [-0.4, -0.2) is 19.2 Å². The molecule has 3 nitrogen and oxygen atoms in total. The van der Waals surface area contributed by atoms with Crippen molar-refractivity contribution in [2.75, 3.05) is 13.2 Å². The lowest BCUT2D eigenvalue weighted by molar-refractivity contribution is 0.153. The molecule has 1 saturated carbocycles. The Balaban J connectivity index is 0.000000571. The molecule has 1 amide bonds. The SMILES string of the molecule is CC.CCNC(=O)OCC.CC[C@@]12CCCCC1CCc1ccc(C)cc12.[HH]. The summed E-state index contributed by atoms with van der Waals surface area (Å²) >= 11 is 0. The van der Waals surface area contributed by atoms with Crippen LogP contribution in [0.2, 0.25) is 0 Å². The Morgan fingerprint density at radius 1 is 1.22 bits per heavy atom. The van der Waals surface area contributed by atoms with Crippen molar-refractivity contribution < 1.29 is 11.0 Å². The van der Waals surface area contributed by atoms with Gasteiger partial charge in [-0.2, -0.15) is 0 Å². The molecule has 156 valence electrons. The molecule has 2 atom stereocenters. The van der Waals surface area contributed by atoms with E-state index in [-0.39, 0.29) is 7.52 Å². The van der Waals surface area contributed by atoms with Crippen LogP contribution < -0.4 is 5.32 Å². The van der Waals surface area contributed by atoms with Gasteiger partial charge in [-0.05, 0) is 75.3 Å². The molecule has 3 rings (SSSR count). The Bertz CT molecular complexity index is 568. The molecule has 2 aliphatic rings. The third-order valence-electron chi connectivity index (χ3n) is 6.00. The number of rotatable bonds is 3. The monoisotopic (exact) mass is 377 g/mol. The molecule has 3 heteroatoms. The molecular formula is C24H43NO2. The molecule has 0 bridgehead atoms. The highest BCUT2D eigenvalue weighted by Crippen LogP contribution is 2.52. The van der Waals surface area contributed by atoms with E-state index in [1.54, 1.807) is 18.1 Å². The van der Waals surface area contributed by atoms with Gasteiger partial charge >= 0.3 is 6.09 Å². The number of aryl methyl sites for hydroxylation is 2. The van der Waals surface area contributed by atoms with Crippen LogP contribution in [0.1, 0.15) is 91.3 Å². The van der Waals surface area contributed by atoms with Gasteiger partial charge in [-0.15, -0.1) is 0 Å². The summed E-state index contributed by atoms with van der Waals surface area (Å²) in [5.41, 5.74) is 5.35. The van der Waals surface area contributed by atoms with Crippen LogP contribution in [0.3, 0.4) is 0 Å². The maximum atomic E-state index is 10.3. The van der Waals surface area contributed by atoms with Crippen molar-refractivity contribution in [3.05, 3.63) is 34.9 Å². The van der Waals surface area contributed by atoms with Gasteiger partial charge in [0.2, 0.25) is 0 Å². The van der Waals surface area contributed by atoms with Gasteiger partial charge in [-0.1, -0.05) is 57.4 Å². The van der Waals surface area contributed by atoms with Crippen LogP contribution >= 0.6 is 0 Å². The number of nitrogens with one attached hydrogen (secondary N) is 1. The summed E-state index contributed by atoms with van der Waals surface area (Å²) in [6.07, 6.45) is 9.58. The number of amides is 1. The highest BCUT2D eigenvalue weighted by Gasteiger charge is 2.43. The topological polar surface area (TPSA) is 38.3 Å². The molecule has 1 unspecified atom stereocenters. The van der Waals surface area contributed by atoms with E-state index in [0.717, 1.165) is 5.92 Å². The van der Waals surface area contributed by atoms with Gasteiger partial charge in [0.05, 0.1) is 6.61 Å². The van der Waals surface area contributed by atoms with Crippen LogP contribution in [0.15, 0.2) is 18.2 Å². The lowest BCUT2D eigenvalue weighted by atomic mass is 9.56. The first-order valence-electron chi connectivity index (χ1n) is 11.1. The molecule has 1 aromatic carbocycles. The average molecular weight is 378 g/mol. The zero-order chi connectivity index (χ0) is 20.3. The molecular weight excluding hydrogens is 334 g/mol. The van der Waals surface area contributed by atoms with E-state index in [0.29, 0.717) is 18.6 Å².